The lowest BCUT2D eigenvalue weighted by Crippen LogP contribution is -2.53. The van der Waals surface area contributed by atoms with Crippen LogP contribution in [0.5, 0.6) is 0 Å². The van der Waals surface area contributed by atoms with Gasteiger partial charge in [-0.1, -0.05) is 13.3 Å². The number of Topliss-reactive ketones (excluding diaryl/α,β-unsaturated/α-hetero) is 1. The van der Waals surface area contributed by atoms with Crippen molar-refractivity contribution < 1.29 is 19.4 Å². The third-order valence-corrected chi connectivity index (χ3v) is 5.15. The van der Waals surface area contributed by atoms with Crippen molar-refractivity contribution in [2.24, 2.45) is 16.7 Å². The van der Waals surface area contributed by atoms with Crippen molar-refractivity contribution in [1.29, 1.82) is 0 Å². The summed E-state index contributed by atoms with van der Waals surface area (Å²) in [5.74, 6) is -0.267. The topological polar surface area (TPSA) is 63.6 Å². The molecule has 0 bridgehead atoms. The third kappa shape index (κ3) is 1.19. The number of esters is 1. The molecule has 2 fully saturated rings. The molecule has 18 heavy (non-hydrogen) atoms. The van der Waals surface area contributed by atoms with Gasteiger partial charge in [-0.15, -0.1) is 0 Å². The van der Waals surface area contributed by atoms with Gasteiger partial charge >= 0.3 is 5.97 Å². The zero-order chi connectivity index (χ0) is 13.1. The molecule has 4 nitrogen and oxygen atoms in total. The van der Waals surface area contributed by atoms with Crippen LogP contribution in [0.1, 0.15) is 33.1 Å². The highest BCUT2D eigenvalue weighted by atomic mass is 16.6. The maximum absolute atomic E-state index is 12.5. The van der Waals surface area contributed by atoms with E-state index in [-0.39, 0.29) is 30.4 Å². The summed E-state index contributed by atoms with van der Waals surface area (Å²) in [5, 5.41) is 9.29. The van der Waals surface area contributed by atoms with Gasteiger partial charge in [-0.3, -0.25) is 9.59 Å². The zero-order valence-corrected chi connectivity index (χ0v) is 10.7. The predicted molar refractivity (Wildman–Crippen MR) is 63.6 cm³/mol. The summed E-state index contributed by atoms with van der Waals surface area (Å²) < 4.78 is 5.45. The minimum atomic E-state index is -0.559. The van der Waals surface area contributed by atoms with Crippen molar-refractivity contribution in [3.05, 3.63) is 11.6 Å². The molecule has 1 aliphatic heterocycles. The van der Waals surface area contributed by atoms with E-state index >= 15 is 0 Å². The van der Waals surface area contributed by atoms with Gasteiger partial charge in [0.25, 0.3) is 0 Å². The van der Waals surface area contributed by atoms with E-state index in [1.54, 1.807) is 6.08 Å². The van der Waals surface area contributed by atoms with Gasteiger partial charge in [0, 0.05) is 16.9 Å². The summed E-state index contributed by atoms with van der Waals surface area (Å²) in [7, 11) is 0. The molecule has 4 atom stereocenters. The molecule has 0 aromatic carbocycles. The largest absolute Gasteiger partial charge is 0.457 e. The number of hydrogen-bond acceptors (Lipinski definition) is 4. The smallest absolute Gasteiger partial charge is 0.312 e. The molecule has 0 radical (unpaired) electrons. The lowest BCUT2D eigenvalue weighted by Gasteiger charge is -2.48. The fourth-order valence-corrected chi connectivity index (χ4v) is 4.27. The average Bonchev–Trinajstić information content (AvgIpc) is 2.58. The van der Waals surface area contributed by atoms with Gasteiger partial charge in [-0.2, -0.15) is 0 Å². The highest BCUT2D eigenvalue weighted by Gasteiger charge is 2.65. The van der Waals surface area contributed by atoms with Crippen molar-refractivity contribution in [1.82, 2.24) is 0 Å². The fraction of sp³-hybridized carbons (Fsp3) is 0.714. The van der Waals surface area contributed by atoms with Crippen LogP contribution in [-0.2, 0) is 14.3 Å². The number of ether oxygens (including phenoxy) is 1. The summed E-state index contributed by atoms with van der Waals surface area (Å²) in [4.78, 5) is 24.6. The molecule has 1 saturated heterocycles. The Morgan fingerprint density at radius 3 is 2.67 bits per heavy atom. The minimum absolute atomic E-state index is 0.00419. The molecule has 3 rings (SSSR count). The van der Waals surface area contributed by atoms with Crippen LogP contribution in [-0.4, -0.2) is 29.6 Å². The molecule has 1 heterocycles. The van der Waals surface area contributed by atoms with E-state index in [4.69, 9.17) is 4.74 Å². The lowest BCUT2D eigenvalue weighted by atomic mass is 9.51. The second-order valence-electron chi connectivity index (χ2n) is 6.22. The molecule has 1 N–H and O–H groups in total. The van der Waals surface area contributed by atoms with Gasteiger partial charge in [-0.25, -0.2) is 0 Å². The van der Waals surface area contributed by atoms with Crippen LogP contribution in [0.4, 0.5) is 0 Å². The lowest BCUT2D eigenvalue weighted by molar-refractivity contribution is -0.148. The Bertz CT molecular complexity index is 466. The predicted octanol–water partition coefficient (Wildman–Crippen LogP) is 1.23. The highest BCUT2D eigenvalue weighted by molar-refractivity contribution is 6.02. The Hall–Kier alpha value is -1.16. The molecule has 3 aliphatic rings. The molecule has 2 aliphatic carbocycles. The second kappa shape index (κ2) is 3.44. The first-order valence-electron chi connectivity index (χ1n) is 6.51. The van der Waals surface area contributed by atoms with Gasteiger partial charge in [0.05, 0.1) is 12.0 Å². The number of carbonyl (C=O) groups is 2. The molecule has 0 amide bonds. The van der Waals surface area contributed by atoms with Crippen molar-refractivity contribution in [2.45, 2.75) is 39.2 Å². The molecular formula is C14H18O4. The van der Waals surface area contributed by atoms with Crippen molar-refractivity contribution in [3.8, 4) is 0 Å². The molecule has 0 spiro atoms. The van der Waals surface area contributed by atoms with Crippen LogP contribution in [0.3, 0.4) is 0 Å². The first-order valence-corrected chi connectivity index (χ1v) is 6.51. The first kappa shape index (κ1) is 11.9. The summed E-state index contributed by atoms with van der Waals surface area (Å²) in [6.07, 6.45) is 3.74. The van der Waals surface area contributed by atoms with E-state index in [1.807, 2.05) is 13.8 Å². The van der Waals surface area contributed by atoms with Crippen LogP contribution in [0.15, 0.2) is 11.6 Å². The van der Waals surface area contributed by atoms with Gasteiger partial charge in [0.15, 0.2) is 5.78 Å². The van der Waals surface area contributed by atoms with Crippen LogP contribution in [0, 0.1) is 16.7 Å². The Morgan fingerprint density at radius 2 is 2.00 bits per heavy atom. The summed E-state index contributed by atoms with van der Waals surface area (Å²) in [6.45, 7) is 3.57. The van der Waals surface area contributed by atoms with E-state index < -0.39 is 10.8 Å². The minimum Gasteiger partial charge on any atom is -0.457 e. The fourth-order valence-electron chi connectivity index (χ4n) is 4.27. The number of rotatable bonds is 1. The number of hydrogen-bond donors (Lipinski definition) is 1. The van der Waals surface area contributed by atoms with Crippen LogP contribution >= 0.6 is 0 Å². The Balaban J connectivity index is 2.16. The summed E-state index contributed by atoms with van der Waals surface area (Å²) >= 11 is 0. The highest BCUT2D eigenvalue weighted by Crippen LogP contribution is 2.60. The van der Waals surface area contributed by atoms with E-state index in [2.05, 4.69) is 0 Å². The molecule has 0 aromatic rings. The number of carbonyl (C=O) groups excluding carboxylic acids is 2. The number of ketones is 1. The quantitative estimate of drug-likeness (QED) is 0.711. The van der Waals surface area contributed by atoms with Crippen molar-refractivity contribution >= 4 is 11.8 Å². The SMILES string of the molecule is C[C@@]12CCC[C@]3(C)C(=O)C(CO)=C[C@@H](OC1=O)[C@@H]23. The Labute approximate surface area is 106 Å². The van der Waals surface area contributed by atoms with E-state index in [0.717, 1.165) is 19.3 Å². The molecule has 98 valence electrons. The molecular weight excluding hydrogens is 232 g/mol. The monoisotopic (exact) mass is 250 g/mol. The Kier molecular flexibility index (Phi) is 2.28. The van der Waals surface area contributed by atoms with Crippen LogP contribution in [0.25, 0.3) is 0 Å². The molecule has 0 aromatic heterocycles. The molecule has 1 saturated carbocycles. The summed E-state index contributed by atoms with van der Waals surface area (Å²) in [6, 6.07) is 0. The first-order chi connectivity index (χ1) is 8.43. The van der Waals surface area contributed by atoms with Crippen molar-refractivity contribution in [3.63, 3.8) is 0 Å². The van der Waals surface area contributed by atoms with E-state index in [1.165, 1.54) is 0 Å². The number of aliphatic hydroxyl groups is 1. The van der Waals surface area contributed by atoms with E-state index in [9.17, 15) is 14.7 Å². The second-order valence-corrected chi connectivity index (χ2v) is 6.22. The maximum atomic E-state index is 12.5. The van der Waals surface area contributed by atoms with Gasteiger partial charge in [0.2, 0.25) is 0 Å². The normalized spacial score (nSPS) is 46.5. The summed E-state index contributed by atoms with van der Waals surface area (Å²) in [5.41, 5.74) is -0.695. The third-order valence-electron chi connectivity index (χ3n) is 5.15. The maximum Gasteiger partial charge on any atom is 0.312 e. The molecule has 0 unspecified atom stereocenters. The zero-order valence-electron chi connectivity index (χ0n) is 10.7. The van der Waals surface area contributed by atoms with Crippen molar-refractivity contribution in [2.75, 3.05) is 6.61 Å². The van der Waals surface area contributed by atoms with Gasteiger partial charge in [0.1, 0.15) is 6.10 Å². The van der Waals surface area contributed by atoms with Crippen LogP contribution in [0.2, 0.25) is 0 Å². The van der Waals surface area contributed by atoms with Crippen LogP contribution < -0.4 is 0 Å². The van der Waals surface area contributed by atoms with Gasteiger partial charge in [-0.05, 0) is 25.8 Å². The van der Waals surface area contributed by atoms with Gasteiger partial charge < -0.3 is 9.84 Å². The Morgan fingerprint density at radius 1 is 1.33 bits per heavy atom. The molecule has 4 heteroatoms. The average molecular weight is 250 g/mol. The number of aliphatic hydroxyl groups excluding tert-OH is 1. The standard InChI is InChI=1S/C14H18O4/c1-13-4-3-5-14(2)10(13)9(18-12(14)17)6-8(7-15)11(13)16/h6,9-10,15H,3-5,7H2,1-2H3/t9-,10-,13+,14+/m1/s1. The van der Waals surface area contributed by atoms with E-state index in [0.29, 0.717) is 5.57 Å².